The molecule has 0 aromatic carbocycles. The maximum Gasteiger partial charge on any atom is 0.310 e. The molecule has 6 heteroatoms. The van der Waals surface area contributed by atoms with E-state index in [1.54, 1.807) is 6.08 Å². The van der Waals surface area contributed by atoms with E-state index in [9.17, 15) is 14.4 Å². The fourth-order valence-electron chi connectivity index (χ4n) is 5.69. The normalized spacial score (nSPS) is 13.3. The number of ether oxygens (including phenoxy) is 3. The van der Waals surface area contributed by atoms with Crippen molar-refractivity contribution < 1.29 is 28.6 Å². The smallest absolute Gasteiger partial charge is 0.310 e. The van der Waals surface area contributed by atoms with Crippen LogP contribution in [-0.4, -0.2) is 37.2 Å². The fourth-order valence-corrected chi connectivity index (χ4v) is 5.69. The van der Waals surface area contributed by atoms with Crippen LogP contribution >= 0.6 is 0 Å². The van der Waals surface area contributed by atoms with Crippen LogP contribution in [0.15, 0.2) is 134 Å². The van der Waals surface area contributed by atoms with E-state index in [0.29, 0.717) is 19.3 Å². The van der Waals surface area contributed by atoms with Crippen molar-refractivity contribution in [3.63, 3.8) is 0 Å². The summed E-state index contributed by atoms with van der Waals surface area (Å²) in [5.41, 5.74) is 0. The molecule has 0 radical (unpaired) electrons. The molecular weight excluding hydrogens is 757 g/mol. The van der Waals surface area contributed by atoms with Gasteiger partial charge in [-0.15, -0.1) is 0 Å². The Hall–Kier alpha value is -4.45. The molecule has 1 atom stereocenters. The summed E-state index contributed by atoms with van der Waals surface area (Å²) in [4.78, 5) is 37.5. The van der Waals surface area contributed by atoms with Gasteiger partial charge < -0.3 is 14.2 Å². The van der Waals surface area contributed by atoms with E-state index < -0.39 is 12.1 Å². The van der Waals surface area contributed by atoms with Gasteiger partial charge in [0.15, 0.2) is 6.10 Å². The standard InChI is InChI=1S/C55H84O6/c1-4-7-10-13-15-17-19-21-23-24-25-26-27-28-29-30-32-33-35-37-39-42-45-48-54(57)60-51-52(50-59-53(56)47-44-41-12-9-6-3)61-55(58)49-46-43-40-38-36-34-31-22-20-18-16-14-11-8-5-2/h7-8,10-11,15-18,21-23,25-26,28-29,31-33,36,38,43,46,52H,4-6,9,12-14,19-20,24,27,30,34-35,37,39-42,44-45,47-51H2,1-3H3/b10-7-,11-8-,17-15-,18-16-,23-21-,26-25-,29-28-,31-22-,33-32-,38-36-,46-43-. The highest BCUT2D eigenvalue weighted by molar-refractivity contribution is 5.72. The quantitative estimate of drug-likeness (QED) is 0.0265. The van der Waals surface area contributed by atoms with E-state index >= 15 is 0 Å². The molecule has 0 heterocycles. The Kier molecular flexibility index (Phi) is 44.7. The molecule has 6 nitrogen and oxygen atoms in total. The lowest BCUT2D eigenvalue weighted by atomic mass is 10.1. The lowest BCUT2D eigenvalue weighted by Gasteiger charge is -2.18. The second-order valence-corrected chi connectivity index (χ2v) is 14.9. The number of hydrogen-bond donors (Lipinski definition) is 0. The van der Waals surface area contributed by atoms with Gasteiger partial charge in [0.1, 0.15) is 13.2 Å². The summed E-state index contributed by atoms with van der Waals surface area (Å²) in [6.07, 6.45) is 67.8. The molecule has 0 fully saturated rings. The minimum Gasteiger partial charge on any atom is -0.462 e. The lowest BCUT2D eigenvalue weighted by molar-refractivity contribution is -0.166. The summed E-state index contributed by atoms with van der Waals surface area (Å²) >= 11 is 0. The predicted molar refractivity (Wildman–Crippen MR) is 260 cm³/mol. The summed E-state index contributed by atoms with van der Waals surface area (Å²) in [6, 6.07) is 0. The highest BCUT2D eigenvalue weighted by Gasteiger charge is 2.19. The molecular formula is C55H84O6. The molecule has 0 aliphatic rings. The van der Waals surface area contributed by atoms with Crippen molar-refractivity contribution in [2.24, 2.45) is 0 Å². The third-order valence-corrected chi connectivity index (χ3v) is 9.18. The van der Waals surface area contributed by atoms with Gasteiger partial charge in [-0.3, -0.25) is 14.4 Å². The topological polar surface area (TPSA) is 78.9 Å². The zero-order chi connectivity index (χ0) is 44.4. The Morgan fingerprint density at radius 3 is 1.07 bits per heavy atom. The second-order valence-electron chi connectivity index (χ2n) is 14.9. The Labute approximate surface area is 373 Å². The minimum absolute atomic E-state index is 0.0852. The van der Waals surface area contributed by atoms with Gasteiger partial charge in [0.2, 0.25) is 0 Å². The maximum atomic E-state index is 12.6. The predicted octanol–water partition coefficient (Wildman–Crippen LogP) is 15.5. The van der Waals surface area contributed by atoms with Gasteiger partial charge in [-0.1, -0.05) is 193 Å². The third kappa shape index (κ3) is 46.5. The van der Waals surface area contributed by atoms with Crippen LogP contribution in [0.1, 0.15) is 175 Å². The monoisotopic (exact) mass is 841 g/mol. The van der Waals surface area contributed by atoms with Gasteiger partial charge in [-0.2, -0.15) is 0 Å². The van der Waals surface area contributed by atoms with Crippen molar-refractivity contribution in [2.75, 3.05) is 13.2 Å². The van der Waals surface area contributed by atoms with Crippen molar-refractivity contribution >= 4 is 17.9 Å². The van der Waals surface area contributed by atoms with Crippen molar-refractivity contribution in [1.29, 1.82) is 0 Å². The van der Waals surface area contributed by atoms with Crippen molar-refractivity contribution in [3.05, 3.63) is 134 Å². The number of esters is 3. The number of carbonyl (C=O) groups excluding carboxylic acids is 3. The molecule has 0 bridgehead atoms. The van der Waals surface area contributed by atoms with E-state index in [1.165, 1.54) is 0 Å². The van der Waals surface area contributed by atoms with Crippen molar-refractivity contribution in [3.8, 4) is 0 Å². The van der Waals surface area contributed by atoms with Crippen molar-refractivity contribution in [2.45, 2.75) is 181 Å². The molecule has 61 heavy (non-hydrogen) atoms. The maximum absolute atomic E-state index is 12.6. The first-order valence-corrected chi connectivity index (χ1v) is 23.7. The van der Waals surface area contributed by atoms with Crippen LogP contribution in [0.25, 0.3) is 0 Å². The van der Waals surface area contributed by atoms with Crippen LogP contribution < -0.4 is 0 Å². The molecule has 0 rings (SSSR count). The summed E-state index contributed by atoms with van der Waals surface area (Å²) in [6.45, 7) is 6.17. The van der Waals surface area contributed by atoms with Gasteiger partial charge >= 0.3 is 17.9 Å². The zero-order valence-electron chi connectivity index (χ0n) is 38.6. The van der Waals surface area contributed by atoms with Crippen LogP contribution in [0, 0.1) is 0 Å². The summed E-state index contributed by atoms with van der Waals surface area (Å²) in [5, 5.41) is 0. The summed E-state index contributed by atoms with van der Waals surface area (Å²) in [7, 11) is 0. The second kappa shape index (κ2) is 48.2. The number of carbonyl (C=O) groups is 3. The molecule has 1 unspecified atom stereocenters. The lowest BCUT2D eigenvalue weighted by Crippen LogP contribution is -2.30. The molecule has 340 valence electrons. The van der Waals surface area contributed by atoms with E-state index in [2.05, 4.69) is 142 Å². The largest absolute Gasteiger partial charge is 0.462 e. The number of rotatable bonds is 40. The molecule has 0 aromatic rings. The first kappa shape index (κ1) is 56.5. The SMILES string of the molecule is CC/C=C\C/C=C\C/C=C\C/C=C\C/C=C\C/C=C\CCCCCCC(=O)OCC(COC(=O)CCCCCCC)OC(=O)C/C=C\C/C=C\C/C=C\C/C=C\C/C=C\CC. The van der Waals surface area contributed by atoms with E-state index in [-0.39, 0.29) is 31.6 Å². The molecule has 0 amide bonds. The van der Waals surface area contributed by atoms with Crippen LogP contribution in [0.4, 0.5) is 0 Å². The van der Waals surface area contributed by atoms with Crippen LogP contribution in [0.5, 0.6) is 0 Å². The molecule has 0 aromatic heterocycles. The molecule has 0 saturated carbocycles. The van der Waals surface area contributed by atoms with E-state index in [1.807, 2.05) is 6.08 Å². The highest BCUT2D eigenvalue weighted by Crippen LogP contribution is 2.10. The van der Waals surface area contributed by atoms with Crippen LogP contribution in [0.3, 0.4) is 0 Å². The van der Waals surface area contributed by atoms with Crippen LogP contribution in [-0.2, 0) is 28.6 Å². The van der Waals surface area contributed by atoms with E-state index in [4.69, 9.17) is 14.2 Å². The van der Waals surface area contributed by atoms with Crippen LogP contribution in [0.2, 0.25) is 0 Å². The fraction of sp³-hybridized carbons (Fsp3) is 0.545. The van der Waals surface area contributed by atoms with Gasteiger partial charge in [0.05, 0.1) is 6.42 Å². The third-order valence-electron chi connectivity index (χ3n) is 9.18. The average Bonchev–Trinajstić information content (AvgIpc) is 3.26. The van der Waals surface area contributed by atoms with Crippen molar-refractivity contribution in [1.82, 2.24) is 0 Å². The van der Waals surface area contributed by atoms with Gasteiger partial charge in [-0.25, -0.2) is 0 Å². The summed E-state index contributed by atoms with van der Waals surface area (Å²) < 4.78 is 16.5. The summed E-state index contributed by atoms with van der Waals surface area (Å²) in [5.74, 6) is -1.12. The number of hydrogen-bond acceptors (Lipinski definition) is 6. The number of unbranched alkanes of at least 4 members (excludes halogenated alkanes) is 8. The molecule has 0 saturated heterocycles. The van der Waals surface area contributed by atoms with Gasteiger partial charge in [-0.05, 0) is 96.3 Å². The Morgan fingerprint density at radius 1 is 0.361 bits per heavy atom. The van der Waals surface area contributed by atoms with Gasteiger partial charge in [0.25, 0.3) is 0 Å². The van der Waals surface area contributed by atoms with Gasteiger partial charge in [0, 0.05) is 12.8 Å². The minimum atomic E-state index is -0.843. The Morgan fingerprint density at radius 2 is 0.689 bits per heavy atom. The first-order valence-electron chi connectivity index (χ1n) is 23.7. The zero-order valence-corrected chi connectivity index (χ0v) is 38.6. The molecule has 0 spiro atoms. The number of allylic oxidation sites excluding steroid dienone is 21. The first-order chi connectivity index (χ1) is 30.0. The highest BCUT2D eigenvalue weighted by atomic mass is 16.6. The Bertz CT molecular complexity index is 1380. The molecule has 0 N–H and O–H groups in total. The van der Waals surface area contributed by atoms with E-state index in [0.717, 1.165) is 128 Å². The molecule has 0 aliphatic heterocycles. The Balaban J connectivity index is 4.38. The average molecular weight is 841 g/mol. The molecule has 0 aliphatic carbocycles.